The van der Waals surface area contributed by atoms with Crippen molar-refractivity contribution in [3.05, 3.63) is 35.9 Å². The number of benzene rings is 1. The van der Waals surface area contributed by atoms with Crippen molar-refractivity contribution in [2.45, 2.75) is 13.0 Å². The average molecular weight is 242 g/mol. The summed E-state index contributed by atoms with van der Waals surface area (Å²) in [6, 6.07) is 9.22. The van der Waals surface area contributed by atoms with Crippen molar-refractivity contribution >= 4 is 17.5 Å². The van der Waals surface area contributed by atoms with Crippen LogP contribution in [0.25, 0.3) is 0 Å². The molecule has 0 heterocycles. The molecule has 1 rings (SSSR count). The molecule has 0 aliphatic heterocycles. The molecule has 88 valence electrons. The molecule has 2 unspecified atom stereocenters. The van der Waals surface area contributed by atoms with Crippen LogP contribution in [0.3, 0.4) is 0 Å². The fourth-order valence-electron chi connectivity index (χ4n) is 1.23. The van der Waals surface area contributed by atoms with E-state index in [-0.39, 0.29) is 24.2 Å². The molecule has 0 saturated heterocycles. The average Bonchev–Trinajstić information content (AvgIpc) is 2.35. The summed E-state index contributed by atoms with van der Waals surface area (Å²) < 4.78 is 0. The molecular formula is C12H16ClNO2. The molecule has 1 amide bonds. The number of nitrogens with one attached hydrogen (secondary N) is 1. The number of amides is 1. The van der Waals surface area contributed by atoms with Crippen LogP contribution in [0.4, 0.5) is 0 Å². The van der Waals surface area contributed by atoms with E-state index in [9.17, 15) is 9.90 Å². The quantitative estimate of drug-likeness (QED) is 0.772. The summed E-state index contributed by atoms with van der Waals surface area (Å²) in [6.45, 7) is 1.96. The lowest BCUT2D eigenvalue weighted by atomic mass is 10.1. The van der Waals surface area contributed by atoms with Gasteiger partial charge in [-0.25, -0.2) is 0 Å². The lowest BCUT2D eigenvalue weighted by Crippen LogP contribution is -2.33. The molecule has 0 aliphatic rings. The first-order chi connectivity index (χ1) is 7.65. The molecule has 2 atom stereocenters. The van der Waals surface area contributed by atoms with Gasteiger partial charge in [-0.15, -0.1) is 11.6 Å². The summed E-state index contributed by atoms with van der Waals surface area (Å²) >= 11 is 5.56. The van der Waals surface area contributed by atoms with Gasteiger partial charge in [0, 0.05) is 18.3 Å². The summed E-state index contributed by atoms with van der Waals surface area (Å²) in [7, 11) is 0. The summed E-state index contributed by atoms with van der Waals surface area (Å²) in [5.74, 6) is -0.0811. The van der Waals surface area contributed by atoms with E-state index in [0.717, 1.165) is 5.56 Å². The second-order valence-electron chi connectivity index (χ2n) is 3.73. The Hall–Kier alpha value is -1.06. The number of alkyl halides is 1. The Bertz CT molecular complexity index is 329. The second-order valence-corrected chi connectivity index (χ2v) is 4.04. The van der Waals surface area contributed by atoms with E-state index in [0.29, 0.717) is 0 Å². The van der Waals surface area contributed by atoms with Crippen LogP contribution < -0.4 is 5.32 Å². The number of carbonyl (C=O) groups is 1. The van der Waals surface area contributed by atoms with Crippen molar-refractivity contribution in [2.24, 2.45) is 5.92 Å². The van der Waals surface area contributed by atoms with Gasteiger partial charge in [-0.1, -0.05) is 37.3 Å². The number of carbonyl (C=O) groups excluding carboxylic acids is 1. The second kappa shape index (κ2) is 6.51. The number of aliphatic hydroxyl groups excluding tert-OH is 1. The maximum atomic E-state index is 11.4. The standard InChI is InChI=1S/C12H16ClNO2/c1-9(7-13)12(16)14-8-11(15)10-5-3-2-4-6-10/h2-6,9,11,15H,7-8H2,1H3,(H,14,16). The fourth-order valence-corrected chi connectivity index (χ4v) is 1.37. The van der Waals surface area contributed by atoms with Gasteiger partial charge in [0.15, 0.2) is 0 Å². The first-order valence-electron chi connectivity index (χ1n) is 5.22. The Kier molecular flexibility index (Phi) is 5.29. The SMILES string of the molecule is CC(CCl)C(=O)NCC(O)c1ccccc1. The number of aliphatic hydroxyl groups is 1. The Morgan fingerprint density at radius 2 is 2.06 bits per heavy atom. The Balaban J connectivity index is 2.42. The Labute approximate surface area is 100 Å². The van der Waals surface area contributed by atoms with E-state index in [1.54, 1.807) is 6.92 Å². The summed E-state index contributed by atoms with van der Waals surface area (Å²) in [5, 5.41) is 12.4. The molecule has 0 bridgehead atoms. The van der Waals surface area contributed by atoms with Crippen LogP contribution in [-0.4, -0.2) is 23.4 Å². The topological polar surface area (TPSA) is 49.3 Å². The van der Waals surface area contributed by atoms with Crippen LogP contribution in [0.5, 0.6) is 0 Å². The molecule has 0 radical (unpaired) electrons. The van der Waals surface area contributed by atoms with Crippen LogP contribution in [0.2, 0.25) is 0 Å². The zero-order valence-corrected chi connectivity index (χ0v) is 9.95. The minimum Gasteiger partial charge on any atom is -0.387 e. The smallest absolute Gasteiger partial charge is 0.224 e. The van der Waals surface area contributed by atoms with E-state index in [1.165, 1.54) is 0 Å². The first kappa shape index (κ1) is 13.0. The first-order valence-corrected chi connectivity index (χ1v) is 5.75. The highest BCUT2D eigenvalue weighted by Gasteiger charge is 2.13. The van der Waals surface area contributed by atoms with Gasteiger partial charge >= 0.3 is 0 Å². The summed E-state index contributed by atoms with van der Waals surface area (Å²) in [5.41, 5.74) is 0.793. The third-order valence-corrected chi connectivity index (χ3v) is 2.80. The number of rotatable bonds is 5. The van der Waals surface area contributed by atoms with E-state index in [4.69, 9.17) is 11.6 Å². The Morgan fingerprint density at radius 1 is 1.44 bits per heavy atom. The van der Waals surface area contributed by atoms with Crippen LogP contribution in [0, 0.1) is 5.92 Å². The fraction of sp³-hybridized carbons (Fsp3) is 0.417. The molecule has 0 aliphatic carbocycles. The number of hydrogen-bond acceptors (Lipinski definition) is 2. The Morgan fingerprint density at radius 3 is 2.62 bits per heavy atom. The van der Waals surface area contributed by atoms with Crippen LogP contribution in [0.1, 0.15) is 18.6 Å². The molecule has 2 N–H and O–H groups in total. The summed E-state index contributed by atoms with van der Waals surface area (Å²) in [4.78, 5) is 11.4. The van der Waals surface area contributed by atoms with Gasteiger partial charge in [-0.3, -0.25) is 4.79 Å². The van der Waals surface area contributed by atoms with Crippen molar-refractivity contribution in [1.82, 2.24) is 5.32 Å². The normalized spacial score (nSPS) is 14.2. The monoisotopic (exact) mass is 241 g/mol. The van der Waals surface area contributed by atoms with Crippen LogP contribution >= 0.6 is 11.6 Å². The van der Waals surface area contributed by atoms with Crippen molar-refractivity contribution in [3.63, 3.8) is 0 Å². The molecule has 0 saturated carbocycles. The van der Waals surface area contributed by atoms with Gasteiger partial charge in [0.1, 0.15) is 0 Å². The molecule has 16 heavy (non-hydrogen) atoms. The van der Waals surface area contributed by atoms with Crippen molar-refractivity contribution < 1.29 is 9.90 Å². The third-order valence-electron chi connectivity index (χ3n) is 2.33. The largest absolute Gasteiger partial charge is 0.387 e. The van der Waals surface area contributed by atoms with Crippen molar-refractivity contribution in [3.8, 4) is 0 Å². The molecule has 0 spiro atoms. The molecule has 4 heteroatoms. The number of halogens is 1. The molecular weight excluding hydrogens is 226 g/mol. The van der Waals surface area contributed by atoms with Crippen LogP contribution in [0.15, 0.2) is 30.3 Å². The maximum absolute atomic E-state index is 11.4. The van der Waals surface area contributed by atoms with Gasteiger partial charge in [0.2, 0.25) is 5.91 Å². The number of hydrogen-bond donors (Lipinski definition) is 2. The van der Waals surface area contributed by atoms with Crippen LogP contribution in [-0.2, 0) is 4.79 Å². The van der Waals surface area contributed by atoms with Gasteiger partial charge in [0.05, 0.1) is 6.10 Å². The van der Waals surface area contributed by atoms with Crippen molar-refractivity contribution in [1.29, 1.82) is 0 Å². The van der Waals surface area contributed by atoms with Gasteiger partial charge in [0.25, 0.3) is 0 Å². The van der Waals surface area contributed by atoms with Gasteiger partial charge in [-0.05, 0) is 5.56 Å². The third kappa shape index (κ3) is 3.83. The highest BCUT2D eigenvalue weighted by Crippen LogP contribution is 2.10. The van der Waals surface area contributed by atoms with Gasteiger partial charge < -0.3 is 10.4 Å². The molecule has 3 nitrogen and oxygen atoms in total. The minimum absolute atomic E-state index is 0.134. The molecule has 0 fully saturated rings. The summed E-state index contributed by atoms with van der Waals surface area (Å²) in [6.07, 6.45) is -0.673. The predicted molar refractivity (Wildman–Crippen MR) is 64.3 cm³/mol. The molecule has 1 aromatic rings. The van der Waals surface area contributed by atoms with E-state index < -0.39 is 6.10 Å². The lowest BCUT2D eigenvalue weighted by molar-refractivity contribution is -0.124. The van der Waals surface area contributed by atoms with Crippen molar-refractivity contribution in [2.75, 3.05) is 12.4 Å². The molecule has 1 aromatic carbocycles. The highest BCUT2D eigenvalue weighted by molar-refractivity contribution is 6.19. The van der Waals surface area contributed by atoms with Gasteiger partial charge in [-0.2, -0.15) is 0 Å². The minimum atomic E-state index is -0.673. The lowest BCUT2D eigenvalue weighted by Gasteiger charge is -2.14. The predicted octanol–water partition coefficient (Wildman–Crippen LogP) is 1.71. The van der Waals surface area contributed by atoms with E-state index in [1.807, 2.05) is 30.3 Å². The zero-order chi connectivity index (χ0) is 12.0. The van der Waals surface area contributed by atoms with E-state index in [2.05, 4.69) is 5.32 Å². The maximum Gasteiger partial charge on any atom is 0.224 e. The zero-order valence-electron chi connectivity index (χ0n) is 9.19. The highest BCUT2D eigenvalue weighted by atomic mass is 35.5. The van der Waals surface area contributed by atoms with E-state index >= 15 is 0 Å². The molecule has 0 aromatic heterocycles.